The zero-order valence-corrected chi connectivity index (χ0v) is 12.4. The highest BCUT2D eigenvalue weighted by Crippen LogP contribution is 2.08. The Hall–Kier alpha value is -1.78. The van der Waals surface area contributed by atoms with Crippen molar-refractivity contribution < 1.29 is 14.3 Å². The number of hydrogen-bond acceptors (Lipinski definition) is 3. The Bertz CT molecular complexity index is 382. The minimum Gasteiger partial charge on any atom is -0.444 e. The molecule has 0 aromatic rings. The van der Waals surface area contributed by atoms with Crippen molar-refractivity contribution >= 4 is 12.0 Å². The second-order valence-electron chi connectivity index (χ2n) is 5.72. The quantitative estimate of drug-likeness (QED) is 0.733. The van der Waals surface area contributed by atoms with E-state index in [0.29, 0.717) is 13.1 Å². The van der Waals surface area contributed by atoms with Gasteiger partial charge in [-0.15, -0.1) is 0 Å². The molecule has 0 spiro atoms. The standard InChI is InChI=1S/C15H24N2O3/c1-15(2,3)20-14(19)17-11-7-6-10-16-13(18)12-8-4-5-9-12/h4-5,8-9,12H,6-7,10-11H2,1-3H3,(H,16,18)(H,17,19). The third-order valence-electron chi connectivity index (χ3n) is 2.62. The zero-order chi connectivity index (χ0) is 15.0. The van der Waals surface area contributed by atoms with Crippen molar-refractivity contribution in [2.45, 2.75) is 39.2 Å². The second kappa shape index (κ2) is 7.72. The molecule has 2 N–H and O–H groups in total. The number of nitrogens with one attached hydrogen (secondary N) is 2. The lowest BCUT2D eigenvalue weighted by Crippen LogP contribution is -2.33. The Morgan fingerprint density at radius 2 is 1.60 bits per heavy atom. The summed E-state index contributed by atoms with van der Waals surface area (Å²) in [6.45, 7) is 6.65. The molecular weight excluding hydrogens is 256 g/mol. The van der Waals surface area contributed by atoms with E-state index in [4.69, 9.17) is 4.74 Å². The molecule has 0 unspecified atom stereocenters. The fourth-order valence-electron chi connectivity index (χ4n) is 1.69. The molecule has 0 aliphatic heterocycles. The van der Waals surface area contributed by atoms with Crippen molar-refractivity contribution in [2.75, 3.05) is 13.1 Å². The van der Waals surface area contributed by atoms with Crippen LogP contribution in [0, 0.1) is 5.92 Å². The molecule has 0 radical (unpaired) electrons. The summed E-state index contributed by atoms with van der Waals surface area (Å²) in [4.78, 5) is 23.0. The fourth-order valence-corrected chi connectivity index (χ4v) is 1.69. The summed E-state index contributed by atoms with van der Waals surface area (Å²) in [6, 6.07) is 0. The van der Waals surface area contributed by atoms with Gasteiger partial charge in [0, 0.05) is 13.1 Å². The molecule has 0 aromatic carbocycles. The van der Waals surface area contributed by atoms with Gasteiger partial charge in [0.1, 0.15) is 5.60 Å². The van der Waals surface area contributed by atoms with E-state index in [1.807, 2.05) is 45.1 Å². The summed E-state index contributed by atoms with van der Waals surface area (Å²) in [5.41, 5.74) is -0.472. The first-order valence-corrected chi connectivity index (χ1v) is 6.98. The summed E-state index contributed by atoms with van der Waals surface area (Å²) in [7, 11) is 0. The van der Waals surface area contributed by atoms with E-state index in [1.165, 1.54) is 0 Å². The number of hydrogen-bond donors (Lipinski definition) is 2. The minimum absolute atomic E-state index is 0.0232. The molecule has 0 aromatic heterocycles. The average Bonchev–Trinajstić information content (AvgIpc) is 2.84. The van der Waals surface area contributed by atoms with E-state index in [0.717, 1.165) is 12.8 Å². The van der Waals surface area contributed by atoms with Crippen molar-refractivity contribution in [3.05, 3.63) is 24.3 Å². The van der Waals surface area contributed by atoms with E-state index in [1.54, 1.807) is 0 Å². The lowest BCUT2D eigenvalue weighted by molar-refractivity contribution is -0.122. The van der Waals surface area contributed by atoms with E-state index >= 15 is 0 Å². The van der Waals surface area contributed by atoms with Crippen LogP contribution >= 0.6 is 0 Å². The Balaban J connectivity index is 2.00. The zero-order valence-electron chi connectivity index (χ0n) is 12.4. The molecule has 1 aliphatic rings. The van der Waals surface area contributed by atoms with Crippen LogP contribution in [-0.2, 0) is 9.53 Å². The van der Waals surface area contributed by atoms with Gasteiger partial charge >= 0.3 is 6.09 Å². The molecule has 5 heteroatoms. The number of ether oxygens (including phenoxy) is 1. The van der Waals surface area contributed by atoms with E-state index in [2.05, 4.69) is 10.6 Å². The lowest BCUT2D eigenvalue weighted by atomic mass is 10.1. The summed E-state index contributed by atoms with van der Waals surface area (Å²) < 4.78 is 5.11. The van der Waals surface area contributed by atoms with Crippen molar-refractivity contribution in [1.29, 1.82) is 0 Å². The van der Waals surface area contributed by atoms with Crippen LogP contribution in [0.15, 0.2) is 24.3 Å². The van der Waals surface area contributed by atoms with Gasteiger partial charge in [0.05, 0.1) is 5.92 Å². The highest BCUT2D eigenvalue weighted by Gasteiger charge is 2.15. The van der Waals surface area contributed by atoms with E-state index in [9.17, 15) is 9.59 Å². The normalized spacial score (nSPS) is 14.3. The minimum atomic E-state index is -0.472. The Morgan fingerprint density at radius 3 is 2.15 bits per heavy atom. The van der Waals surface area contributed by atoms with Crippen LogP contribution in [0.4, 0.5) is 4.79 Å². The van der Waals surface area contributed by atoms with Gasteiger partial charge in [-0.2, -0.15) is 0 Å². The van der Waals surface area contributed by atoms with Gasteiger partial charge in [-0.3, -0.25) is 4.79 Å². The predicted molar refractivity (Wildman–Crippen MR) is 78.3 cm³/mol. The molecule has 20 heavy (non-hydrogen) atoms. The van der Waals surface area contributed by atoms with Gasteiger partial charge in [0.15, 0.2) is 0 Å². The van der Waals surface area contributed by atoms with Gasteiger partial charge < -0.3 is 15.4 Å². The first kappa shape index (κ1) is 16.3. The molecule has 0 atom stereocenters. The fraction of sp³-hybridized carbons (Fsp3) is 0.600. The van der Waals surface area contributed by atoms with Crippen LogP contribution < -0.4 is 10.6 Å². The first-order chi connectivity index (χ1) is 9.38. The molecular formula is C15H24N2O3. The molecule has 2 amide bonds. The van der Waals surface area contributed by atoms with Gasteiger partial charge in [0.25, 0.3) is 0 Å². The maximum Gasteiger partial charge on any atom is 0.407 e. The van der Waals surface area contributed by atoms with Crippen molar-refractivity contribution in [3.63, 3.8) is 0 Å². The number of amides is 2. The molecule has 0 saturated heterocycles. The molecule has 5 nitrogen and oxygen atoms in total. The summed E-state index contributed by atoms with van der Waals surface area (Å²) in [6.07, 6.45) is 8.68. The van der Waals surface area contributed by atoms with Crippen molar-refractivity contribution in [2.24, 2.45) is 5.92 Å². The Morgan fingerprint density at radius 1 is 1.05 bits per heavy atom. The number of allylic oxidation sites excluding steroid dienone is 2. The maximum absolute atomic E-state index is 11.6. The van der Waals surface area contributed by atoms with Gasteiger partial charge in [-0.1, -0.05) is 24.3 Å². The number of unbranched alkanes of at least 4 members (excludes halogenated alkanes) is 1. The first-order valence-electron chi connectivity index (χ1n) is 6.98. The summed E-state index contributed by atoms with van der Waals surface area (Å²) in [5.74, 6) is -0.106. The van der Waals surface area contributed by atoms with Crippen LogP contribution in [-0.4, -0.2) is 30.7 Å². The SMILES string of the molecule is CC(C)(C)OC(=O)NCCCCNC(=O)C1C=CC=C1. The number of alkyl carbamates (subject to hydrolysis) is 1. The topological polar surface area (TPSA) is 67.4 Å². The number of carbonyl (C=O) groups is 2. The average molecular weight is 280 g/mol. The van der Waals surface area contributed by atoms with E-state index < -0.39 is 11.7 Å². The van der Waals surface area contributed by atoms with Crippen molar-refractivity contribution in [3.8, 4) is 0 Å². The van der Waals surface area contributed by atoms with Gasteiger partial charge in [-0.05, 0) is 33.6 Å². The third kappa shape index (κ3) is 6.97. The molecule has 0 fully saturated rings. The van der Waals surface area contributed by atoms with Gasteiger partial charge in [-0.25, -0.2) is 4.79 Å². The molecule has 112 valence electrons. The van der Waals surface area contributed by atoms with Crippen LogP contribution in [0.25, 0.3) is 0 Å². The number of carbonyl (C=O) groups excluding carboxylic acids is 2. The summed E-state index contributed by atoms with van der Waals surface area (Å²) in [5, 5.41) is 5.55. The van der Waals surface area contributed by atoms with Crippen LogP contribution in [0.2, 0.25) is 0 Å². The van der Waals surface area contributed by atoms with Crippen LogP contribution in [0.3, 0.4) is 0 Å². The monoisotopic (exact) mass is 280 g/mol. The van der Waals surface area contributed by atoms with E-state index in [-0.39, 0.29) is 11.8 Å². The Labute approximate surface area is 120 Å². The molecule has 1 rings (SSSR count). The van der Waals surface area contributed by atoms with Gasteiger partial charge in [0.2, 0.25) is 5.91 Å². The van der Waals surface area contributed by atoms with Crippen molar-refractivity contribution in [1.82, 2.24) is 10.6 Å². The third-order valence-corrected chi connectivity index (χ3v) is 2.62. The predicted octanol–water partition coefficient (Wildman–Crippen LogP) is 2.15. The second-order valence-corrected chi connectivity index (χ2v) is 5.72. The maximum atomic E-state index is 11.6. The summed E-state index contributed by atoms with van der Waals surface area (Å²) >= 11 is 0. The van der Waals surface area contributed by atoms with Crippen LogP contribution in [0.1, 0.15) is 33.6 Å². The van der Waals surface area contributed by atoms with Crippen LogP contribution in [0.5, 0.6) is 0 Å². The lowest BCUT2D eigenvalue weighted by Gasteiger charge is -2.19. The molecule has 0 heterocycles. The number of rotatable bonds is 6. The smallest absolute Gasteiger partial charge is 0.407 e. The molecule has 0 saturated carbocycles. The Kier molecular flexibility index (Phi) is 6.28. The largest absolute Gasteiger partial charge is 0.444 e. The molecule has 1 aliphatic carbocycles. The highest BCUT2D eigenvalue weighted by atomic mass is 16.6. The highest BCUT2D eigenvalue weighted by molar-refractivity contribution is 5.83. The molecule has 0 bridgehead atoms.